The second kappa shape index (κ2) is 4.32. The molecule has 2 rings (SSSR count). The van der Waals surface area contributed by atoms with Crippen LogP contribution in [0.3, 0.4) is 0 Å². The number of anilines is 3. The van der Waals surface area contributed by atoms with Gasteiger partial charge in [-0.25, -0.2) is 0 Å². The number of amides is 1. The Morgan fingerprint density at radius 1 is 1.47 bits per heavy atom. The summed E-state index contributed by atoms with van der Waals surface area (Å²) in [4.78, 5) is 21.6. The predicted molar refractivity (Wildman–Crippen MR) is 63.9 cm³/mol. The third kappa shape index (κ3) is 2.47. The Labute approximate surface area is 97.8 Å². The zero-order chi connectivity index (χ0) is 12.4. The van der Waals surface area contributed by atoms with E-state index in [9.17, 15) is 9.59 Å². The van der Waals surface area contributed by atoms with Crippen molar-refractivity contribution in [2.24, 2.45) is 0 Å². The number of carbonyl (C=O) groups is 2. The fraction of sp³-hybridized carbons (Fsp3) is 0.273. The number of benzene rings is 1. The molecule has 1 aromatic rings. The van der Waals surface area contributed by atoms with Gasteiger partial charge < -0.3 is 21.5 Å². The average molecular weight is 235 g/mol. The largest absolute Gasteiger partial charge is 0.480 e. The Hall–Kier alpha value is -2.24. The first-order valence-electron chi connectivity index (χ1n) is 5.24. The number of rotatable bonds is 3. The van der Waals surface area contributed by atoms with E-state index in [0.717, 1.165) is 5.56 Å². The van der Waals surface area contributed by atoms with Gasteiger partial charge in [-0.1, -0.05) is 0 Å². The van der Waals surface area contributed by atoms with Crippen LogP contribution in [0.2, 0.25) is 0 Å². The van der Waals surface area contributed by atoms with Gasteiger partial charge in [0.2, 0.25) is 5.91 Å². The predicted octanol–water partition coefficient (Wildman–Crippen LogP) is 0.650. The summed E-state index contributed by atoms with van der Waals surface area (Å²) in [7, 11) is 0. The topological polar surface area (TPSA) is 104 Å². The lowest BCUT2D eigenvalue weighted by Crippen LogP contribution is -2.20. The lowest BCUT2D eigenvalue weighted by Gasteiger charge is -2.19. The summed E-state index contributed by atoms with van der Waals surface area (Å²) in [5, 5.41) is 14.0. The molecular weight excluding hydrogens is 222 g/mol. The summed E-state index contributed by atoms with van der Waals surface area (Å²) in [5.74, 6) is -0.974. The third-order valence-electron chi connectivity index (χ3n) is 2.60. The molecule has 0 radical (unpaired) electrons. The van der Waals surface area contributed by atoms with E-state index in [-0.39, 0.29) is 12.5 Å². The van der Waals surface area contributed by atoms with Crippen LogP contribution in [-0.2, 0) is 16.0 Å². The molecule has 0 saturated heterocycles. The quantitative estimate of drug-likeness (QED) is 0.576. The molecule has 0 spiro atoms. The number of aryl methyl sites for hydroxylation is 1. The molecule has 5 N–H and O–H groups in total. The first-order valence-corrected chi connectivity index (χ1v) is 5.24. The highest BCUT2D eigenvalue weighted by Gasteiger charge is 2.16. The van der Waals surface area contributed by atoms with Crippen LogP contribution < -0.4 is 16.4 Å². The summed E-state index contributed by atoms with van der Waals surface area (Å²) in [6.45, 7) is -0.185. The maximum Gasteiger partial charge on any atom is 0.322 e. The Bertz CT molecular complexity index is 485. The van der Waals surface area contributed by atoms with Gasteiger partial charge in [-0.15, -0.1) is 0 Å². The Balaban J connectivity index is 2.24. The summed E-state index contributed by atoms with van der Waals surface area (Å²) in [6.07, 6.45) is 1.08. The number of hydrogen-bond donors (Lipinski definition) is 4. The van der Waals surface area contributed by atoms with E-state index < -0.39 is 5.97 Å². The smallest absolute Gasteiger partial charge is 0.322 e. The van der Waals surface area contributed by atoms with E-state index in [1.54, 1.807) is 12.1 Å². The van der Waals surface area contributed by atoms with Crippen molar-refractivity contribution >= 4 is 28.9 Å². The molecule has 1 aliphatic rings. The SMILES string of the molecule is Nc1cc2c(cc1NCC(=O)O)CCC(=O)N2. The number of carboxylic acids is 1. The highest BCUT2D eigenvalue weighted by molar-refractivity contribution is 5.95. The van der Waals surface area contributed by atoms with Crippen LogP contribution in [0.1, 0.15) is 12.0 Å². The fourth-order valence-electron chi connectivity index (χ4n) is 1.77. The number of fused-ring (bicyclic) bond motifs is 1. The molecular formula is C11H13N3O3. The molecule has 0 aliphatic carbocycles. The molecule has 6 nitrogen and oxygen atoms in total. The van der Waals surface area contributed by atoms with Crippen molar-refractivity contribution in [3.8, 4) is 0 Å². The van der Waals surface area contributed by atoms with Crippen molar-refractivity contribution < 1.29 is 14.7 Å². The van der Waals surface area contributed by atoms with Crippen LogP contribution in [0, 0.1) is 0 Å². The second-order valence-corrected chi connectivity index (χ2v) is 3.89. The lowest BCUT2D eigenvalue weighted by atomic mass is 10.0. The number of nitrogens with one attached hydrogen (secondary N) is 2. The van der Waals surface area contributed by atoms with Crippen LogP contribution >= 0.6 is 0 Å². The number of carbonyl (C=O) groups excluding carboxylic acids is 1. The van der Waals surface area contributed by atoms with Crippen molar-refractivity contribution in [2.75, 3.05) is 22.9 Å². The first kappa shape index (κ1) is 11.3. The number of hydrogen-bond acceptors (Lipinski definition) is 4. The van der Waals surface area contributed by atoms with Gasteiger partial charge in [0.25, 0.3) is 0 Å². The molecule has 0 aromatic heterocycles. The van der Waals surface area contributed by atoms with Crippen LogP contribution in [0.15, 0.2) is 12.1 Å². The van der Waals surface area contributed by atoms with Gasteiger partial charge in [0.1, 0.15) is 6.54 Å². The van der Waals surface area contributed by atoms with Crippen LogP contribution in [0.4, 0.5) is 17.1 Å². The van der Waals surface area contributed by atoms with Gasteiger partial charge in [0.15, 0.2) is 0 Å². The van der Waals surface area contributed by atoms with Crippen molar-refractivity contribution in [3.63, 3.8) is 0 Å². The third-order valence-corrected chi connectivity index (χ3v) is 2.60. The van der Waals surface area contributed by atoms with E-state index in [1.165, 1.54) is 0 Å². The van der Waals surface area contributed by atoms with Gasteiger partial charge in [-0.2, -0.15) is 0 Å². The molecule has 0 unspecified atom stereocenters. The molecule has 1 aliphatic heterocycles. The normalized spacial score (nSPS) is 13.8. The minimum Gasteiger partial charge on any atom is -0.480 e. The van der Waals surface area contributed by atoms with Crippen LogP contribution in [0.5, 0.6) is 0 Å². The Morgan fingerprint density at radius 3 is 2.94 bits per heavy atom. The van der Waals surface area contributed by atoms with E-state index in [2.05, 4.69) is 10.6 Å². The molecule has 1 aromatic carbocycles. The van der Waals surface area contributed by atoms with E-state index in [0.29, 0.717) is 29.9 Å². The summed E-state index contributed by atoms with van der Waals surface area (Å²) >= 11 is 0. The van der Waals surface area contributed by atoms with Gasteiger partial charge in [0.05, 0.1) is 11.4 Å². The highest BCUT2D eigenvalue weighted by Crippen LogP contribution is 2.30. The van der Waals surface area contributed by atoms with Crippen LogP contribution in [0.25, 0.3) is 0 Å². The summed E-state index contributed by atoms with van der Waals surface area (Å²) in [6, 6.07) is 3.43. The van der Waals surface area contributed by atoms with Gasteiger partial charge >= 0.3 is 5.97 Å². The van der Waals surface area contributed by atoms with E-state index in [4.69, 9.17) is 10.8 Å². The average Bonchev–Trinajstić information content (AvgIpc) is 2.26. The van der Waals surface area contributed by atoms with Crippen molar-refractivity contribution in [1.82, 2.24) is 0 Å². The van der Waals surface area contributed by atoms with E-state index >= 15 is 0 Å². The Kier molecular flexibility index (Phi) is 2.86. The second-order valence-electron chi connectivity index (χ2n) is 3.89. The van der Waals surface area contributed by atoms with E-state index in [1.807, 2.05) is 0 Å². The number of aliphatic carboxylic acids is 1. The molecule has 17 heavy (non-hydrogen) atoms. The monoisotopic (exact) mass is 235 g/mol. The van der Waals surface area contributed by atoms with Gasteiger partial charge in [-0.3, -0.25) is 9.59 Å². The lowest BCUT2D eigenvalue weighted by molar-refractivity contribution is -0.134. The number of carboxylic acid groups (broad SMARTS) is 1. The first-order chi connectivity index (χ1) is 8.06. The summed E-state index contributed by atoms with van der Waals surface area (Å²) in [5.41, 5.74) is 8.45. The van der Waals surface area contributed by atoms with Gasteiger partial charge in [-0.05, 0) is 24.1 Å². The van der Waals surface area contributed by atoms with Gasteiger partial charge in [0, 0.05) is 12.1 Å². The van der Waals surface area contributed by atoms with Crippen molar-refractivity contribution in [3.05, 3.63) is 17.7 Å². The maximum absolute atomic E-state index is 11.2. The molecule has 6 heteroatoms. The standard InChI is InChI=1S/C11H13N3O3/c12-7-4-8-6(1-2-10(15)14-8)3-9(7)13-5-11(16)17/h3-4,13H,1-2,5,12H2,(H,14,15)(H,16,17). The zero-order valence-corrected chi connectivity index (χ0v) is 9.12. The number of nitrogens with two attached hydrogens (primary N) is 1. The molecule has 0 fully saturated rings. The molecule has 1 heterocycles. The molecule has 90 valence electrons. The summed E-state index contributed by atoms with van der Waals surface area (Å²) < 4.78 is 0. The highest BCUT2D eigenvalue weighted by atomic mass is 16.4. The van der Waals surface area contributed by atoms with Crippen LogP contribution in [-0.4, -0.2) is 23.5 Å². The zero-order valence-electron chi connectivity index (χ0n) is 9.12. The van der Waals surface area contributed by atoms with Crippen molar-refractivity contribution in [2.45, 2.75) is 12.8 Å². The molecule has 0 saturated carbocycles. The fourth-order valence-corrected chi connectivity index (χ4v) is 1.77. The minimum absolute atomic E-state index is 0.0249. The number of nitrogen functional groups attached to an aromatic ring is 1. The molecule has 0 atom stereocenters. The molecule has 0 bridgehead atoms. The minimum atomic E-state index is -0.949. The Morgan fingerprint density at radius 2 is 2.24 bits per heavy atom. The molecule has 1 amide bonds. The van der Waals surface area contributed by atoms with Crippen molar-refractivity contribution in [1.29, 1.82) is 0 Å². The maximum atomic E-state index is 11.2.